The zero-order valence-electron chi connectivity index (χ0n) is 11.7. The number of aryl methyl sites for hydroxylation is 1. The van der Waals surface area contributed by atoms with Crippen LogP contribution in [0.1, 0.15) is 24.0 Å². The third-order valence-corrected chi connectivity index (χ3v) is 3.75. The molecule has 1 atom stereocenters. The zero-order valence-corrected chi connectivity index (χ0v) is 11.7. The van der Waals surface area contributed by atoms with E-state index in [0.29, 0.717) is 5.92 Å². The van der Waals surface area contributed by atoms with E-state index < -0.39 is 0 Å². The van der Waals surface area contributed by atoms with Gasteiger partial charge in [-0.15, -0.1) is 0 Å². The summed E-state index contributed by atoms with van der Waals surface area (Å²) in [6.45, 7) is 6.60. The van der Waals surface area contributed by atoms with Crippen molar-refractivity contribution in [2.24, 2.45) is 0 Å². The van der Waals surface area contributed by atoms with Crippen molar-refractivity contribution in [1.82, 2.24) is 10.2 Å². The average molecular weight is 248 g/mol. The molecule has 100 valence electrons. The Morgan fingerprint density at radius 2 is 2.28 bits per heavy atom. The van der Waals surface area contributed by atoms with E-state index in [0.717, 1.165) is 38.3 Å². The summed E-state index contributed by atoms with van der Waals surface area (Å²) in [7, 11) is 3.94. The summed E-state index contributed by atoms with van der Waals surface area (Å²) >= 11 is 0. The van der Waals surface area contributed by atoms with Gasteiger partial charge in [0.05, 0.1) is 7.11 Å². The lowest BCUT2D eigenvalue weighted by Gasteiger charge is -2.21. The number of methoxy groups -OCH3 is 1. The van der Waals surface area contributed by atoms with Crippen molar-refractivity contribution in [3.8, 4) is 5.75 Å². The van der Waals surface area contributed by atoms with Gasteiger partial charge < -0.3 is 15.0 Å². The van der Waals surface area contributed by atoms with Crippen molar-refractivity contribution >= 4 is 0 Å². The standard InChI is InChI=1S/C15H24N2O/c1-4-12-9-13(5-6-15(12)18-3)14-10-16-7-8-17(2)11-14/h5-6,9,14,16H,4,7-8,10-11H2,1-3H3. The number of rotatable bonds is 3. The van der Waals surface area contributed by atoms with Crippen LogP contribution in [0.25, 0.3) is 0 Å². The zero-order chi connectivity index (χ0) is 13.0. The Morgan fingerprint density at radius 1 is 1.44 bits per heavy atom. The van der Waals surface area contributed by atoms with Crippen LogP contribution >= 0.6 is 0 Å². The van der Waals surface area contributed by atoms with E-state index in [-0.39, 0.29) is 0 Å². The lowest BCUT2D eigenvalue weighted by atomic mass is 9.95. The summed E-state index contributed by atoms with van der Waals surface area (Å²) in [4.78, 5) is 2.40. The minimum atomic E-state index is 0.578. The van der Waals surface area contributed by atoms with Crippen LogP contribution in [-0.2, 0) is 6.42 Å². The maximum atomic E-state index is 5.40. The van der Waals surface area contributed by atoms with Crippen molar-refractivity contribution in [3.63, 3.8) is 0 Å². The molecular formula is C15H24N2O. The number of nitrogens with one attached hydrogen (secondary N) is 1. The van der Waals surface area contributed by atoms with Crippen LogP contribution in [0, 0.1) is 0 Å². The lowest BCUT2D eigenvalue weighted by Crippen LogP contribution is -2.24. The first-order chi connectivity index (χ1) is 8.74. The van der Waals surface area contributed by atoms with Crippen molar-refractivity contribution < 1.29 is 4.74 Å². The molecule has 1 aliphatic heterocycles. The molecule has 1 aromatic rings. The molecule has 3 heteroatoms. The maximum Gasteiger partial charge on any atom is 0.122 e. The van der Waals surface area contributed by atoms with Gasteiger partial charge in [-0.2, -0.15) is 0 Å². The van der Waals surface area contributed by atoms with Gasteiger partial charge in [-0.05, 0) is 30.7 Å². The fraction of sp³-hybridized carbons (Fsp3) is 0.600. The van der Waals surface area contributed by atoms with Crippen LogP contribution in [0.15, 0.2) is 18.2 Å². The van der Waals surface area contributed by atoms with Crippen LogP contribution in [0.4, 0.5) is 0 Å². The van der Waals surface area contributed by atoms with Crippen LogP contribution in [0.5, 0.6) is 5.75 Å². The summed E-state index contributed by atoms with van der Waals surface area (Å²) in [5.74, 6) is 1.59. The molecule has 1 aliphatic rings. The number of benzene rings is 1. The van der Waals surface area contributed by atoms with E-state index in [4.69, 9.17) is 4.74 Å². The second kappa shape index (κ2) is 6.21. The molecule has 2 rings (SSSR count). The molecule has 0 radical (unpaired) electrons. The number of hydrogen-bond donors (Lipinski definition) is 1. The van der Waals surface area contributed by atoms with Crippen LogP contribution in [-0.4, -0.2) is 45.2 Å². The Morgan fingerprint density at radius 3 is 3.00 bits per heavy atom. The van der Waals surface area contributed by atoms with Crippen molar-refractivity contribution in [1.29, 1.82) is 0 Å². The first-order valence-electron chi connectivity index (χ1n) is 6.80. The fourth-order valence-corrected chi connectivity index (χ4v) is 2.63. The topological polar surface area (TPSA) is 24.5 Å². The second-order valence-corrected chi connectivity index (χ2v) is 5.09. The van der Waals surface area contributed by atoms with Gasteiger partial charge in [-0.25, -0.2) is 0 Å². The largest absolute Gasteiger partial charge is 0.496 e. The van der Waals surface area contributed by atoms with Crippen LogP contribution in [0.3, 0.4) is 0 Å². The van der Waals surface area contributed by atoms with Crippen molar-refractivity contribution in [2.45, 2.75) is 19.3 Å². The molecule has 18 heavy (non-hydrogen) atoms. The van der Waals surface area contributed by atoms with Gasteiger partial charge in [-0.3, -0.25) is 0 Å². The second-order valence-electron chi connectivity index (χ2n) is 5.09. The molecule has 1 N–H and O–H groups in total. The molecule has 1 fully saturated rings. The molecule has 1 heterocycles. The van der Waals surface area contributed by atoms with E-state index in [1.807, 2.05) is 0 Å². The Balaban J connectivity index is 2.21. The summed E-state index contributed by atoms with van der Waals surface area (Å²) in [5, 5.41) is 3.52. The van der Waals surface area contributed by atoms with Gasteiger partial charge in [-0.1, -0.05) is 19.1 Å². The summed E-state index contributed by atoms with van der Waals surface area (Å²) in [5.41, 5.74) is 2.73. The molecule has 1 unspecified atom stereocenters. The molecule has 0 spiro atoms. The molecule has 0 saturated carbocycles. The van der Waals surface area contributed by atoms with Crippen molar-refractivity contribution in [3.05, 3.63) is 29.3 Å². The number of nitrogens with zero attached hydrogens (tertiary/aromatic N) is 1. The minimum absolute atomic E-state index is 0.578. The molecule has 0 aliphatic carbocycles. The molecule has 1 saturated heterocycles. The average Bonchev–Trinajstić information content (AvgIpc) is 2.62. The summed E-state index contributed by atoms with van der Waals surface area (Å²) < 4.78 is 5.40. The predicted molar refractivity (Wildman–Crippen MR) is 75.5 cm³/mol. The fourth-order valence-electron chi connectivity index (χ4n) is 2.63. The van der Waals surface area contributed by atoms with E-state index in [1.54, 1.807) is 7.11 Å². The quantitative estimate of drug-likeness (QED) is 0.884. The third kappa shape index (κ3) is 3.03. The normalized spacial score (nSPS) is 21.6. The van der Waals surface area contributed by atoms with Crippen LogP contribution < -0.4 is 10.1 Å². The molecule has 0 amide bonds. The van der Waals surface area contributed by atoms with Gasteiger partial charge >= 0.3 is 0 Å². The maximum absolute atomic E-state index is 5.40. The van der Waals surface area contributed by atoms with Gasteiger partial charge in [0.1, 0.15) is 5.75 Å². The molecule has 3 nitrogen and oxygen atoms in total. The molecule has 0 bridgehead atoms. The minimum Gasteiger partial charge on any atom is -0.496 e. The van der Waals surface area contributed by atoms with Gasteiger partial charge in [0, 0.05) is 32.1 Å². The highest BCUT2D eigenvalue weighted by atomic mass is 16.5. The van der Waals surface area contributed by atoms with E-state index in [9.17, 15) is 0 Å². The highest BCUT2D eigenvalue weighted by Crippen LogP contribution is 2.25. The van der Waals surface area contributed by atoms with Crippen LogP contribution in [0.2, 0.25) is 0 Å². The smallest absolute Gasteiger partial charge is 0.122 e. The van der Waals surface area contributed by atoms with Gasteiger partial charge in [0.15, 0.2) is 0 Å². The first-order valence-corrected chi connectivity index (χ1v) is 6.80. The Labute approximate surface area is 110 Å². The SMILES string of the molecule is CCc1cc(C2CNCCN(C)C2)ccc1OC. The lowest BCUT2D eigenvalue weighted by molar-refractivity contribution is 0.342. The van der Waals surface area contributed by atoms with E-state index in [2.05, 4.69) is 42.4 Å². The van der Waals surface area contributed by atoms with Gasteiger partial charge in [0.25, 0.3) is 0 Å². The Kier molecular flexibility index (Phi) is 4.61. The number of ether oxygens (including phenoxy) is 1. The van der Waals surface area contributed by atoms with E-state index in [1.165, 1.54) is 11.1 Å². The summed E-state index contributed by atoms with van der Waals surface area (Å²) in [6, 6.07) is 6.63. The number of hydrogen-bond acceptors (Lipinski definition) is 3. The Bertz CT molecular complexity index is 392. The predicted octanol–water partition coefficient (Wildman–Crippen LogP) is 1.88. The highest BCUT2D eigenvalue weighted by Gasteiger charge is 2.18. The molecule has 0 aromatic heterocycles. The Hall–Kier alpha value is -1.06. The monoisotopic (exact) mass is 248 g/mol. The highest BCUT2D eigenvalue weighted by molar-refractivity contribution is 5.39. The molecule has 1 aromatic carbocycles. The van der Waals surface area contributed by atoms with E-state index >= 15 is 0 Å². The third-order valence-electron chi connectivity index (χ3n) is 3.75. The molecular weight excluding hydrogens is 224 g/mol. The van der Waals surface area contributed by atoms with Gasteiger partial charge in [0.2, 0.25) is 0 Å². The number of likely N-dealkylation sites (N-methyl/N-ethyl adjacent to an activating group) is 1. The first kappa shape index (κ1) is 13.4. The summed E-state index contributed by atoms with van der Waals surface area (Å²) in [6.07, 6.45) is 1.02. The van der Waals surface area contributed by atoms with Crippen molar-refractivity contribution in [2.75, 3.05) is 40.3 Å².